The van der Waals surface area contributed by atoms with E-state index in [1.54, 1.807) is 37.9 Å². The lowest BCUT2D eigenvalue weighted by Crippen LogP contribution is -2.48. The molecule has 6 heteroatoms. The third-order valence-electron chi connectivity index (χ3n) is 3.36. The Morgan fingerprint density at radius 2 is 1.89 bits per heavy atom. The molecule has 19 heavy (non-hydrogen) atoms. The van der Waals surface area contributed by atoms with Gasteiger partial charge in [-0.05, 0) is 32.9 Å². The Bertz CT molecular complexity index is 468. The van der Waals surface area contributed by atoms with Crippen molar-refractivity contribution in [3.05, 3.63) is 39.9 Å². The first-order valence-electron chi connectivity index (χ1n) is 5.93. The van der Waals surface area contributed by atoms with Gasteiger partial charge in [0.2, 0.25) is 0 Å². The van der Waals surface area contributed by atoms with Gasteiger partial charge in [0.05, 0.1) is 4.92 Å². The van der Waals surface area contributed by atoms with E-state index in [1.807, 2.05) is 0 Å². The molecule has 104 valence electrons. The molecule has 0 spiro atoms. The molecule has 0 aliphatic rings. The summed E-state index contributed by atoms with van der Waals surface area (Å²) in [5.74, 6) is -0.876. The largest absolute Gasteiger partial charge is 0.480 e. The lowest BCUT2D eigenvalue weighted by molar-refractivity contribution is -0.384. The van der Waals surface area contributed by atoms with Gasteiger partial charge >= 0.3 is 5.97 Å². The Hall–Kier alpha value is -1.95. The summed E-state index contributed by atoms with van der Waals surface area (Å²) in [5.41, 5.74) is 0.0717. The number of non-ortho nitro benzene ring substituents is 1. The van der Waals surface area contributed by atoms with Gasteiger partial charge in [-0.15, -0.1) is 0 Å². The zero-order chi connectivity index (χ0) is 14.6. The van der Waals surface area contributed by atoms with Crippen molar-refractivity contribution in [1.82, 2.24) is 4.90 Å². The van der Waals surface area contributed by atoms with Crippen molar-refractivity contribution in [3.63, 3.8) is 0 Å². The van der Waals surface area contributed by atoms with Crippen molar-refractivity contribution >= 4 is 11.7 Å². The Labute approximate surface area is 111 Å². The second kappa shape index (κ2) is 5.79. The Kier molecular flexibility index (Phi) is 4.61. The maximum Gasteiger partial charge on any atom is 0.323 e. The number of carboxylic acids is 1. The summed E-state index contributed by atoms with van der Waals surface area (Å²) in [7, 11) is 1.75. The van der Waals surface area contributed by atoms with Crippen LogP contribution in [0.25, 0.3) is 0 Å². The van der Waals surface area contributed by atoms with Crippen molar-refractivity contribution in [2.45, 2.75) is 25.8 Å². The molecule has 0 saturated heterocycles. The summed E-state index contributed by atoms with van der Waals surface area (Å²) in [6, 6.07) is 6.30. The molecule has 0 fully saturated rings. The predicted octanol–water partition coefficient (Wildman–Crippen LogP) is 1.93. The van der Waals surface area contributed by atoms with E-state index in [2.05, 4.69) is 0 Å². The number of nitro groups is 1. The molecule has 0 saturated carbocycles. The van der Waals surface area contributed by atoms with Crippen LogP contribution < -0.4 is 0 Å². The number of likely N-dealkylation sites (N-methyl/N-ethyl adjacent to an activating group) is 1. The summed E-state index contributed by atoms with van der Waals surface area (Å²) in [4.78, 5) is 22.9. The molecular weight excluding hydrogens is 248 g/mol. The smallest absolute Gasteiger partial charge is 0.323 e. The van der Waals surface area contributed by atoms with Crippen LogP contribution in [-0.4, -0.2) is 40.0 Å². The minimum absolute atomic E-state index is 0.0583. The molecule has 0 aliphatic heterocycles. The number of carbonyl (C=O) groups is 1. The summed E-state index contributed by atoms with van der Waals surface area (Å²) in [6.07, 6.45) is 0.644. The van der Waals surface area contributed by atoms with Gasteiger partial charge < -0.3 is 5.11 Å². The van der Waals surface area contributed by atoms with E-state index in [0.29, 0.717) is 13.0 Å². The lowest BCUT2D eigenvalue weighted by atomic mass is 10.0. The predicted molar refractivity (Wildman–Crippen MR) is 71.1 cm³/mol. The fourth-order valence-corrected chi connectivity index (χ4v) is 1.52. The number of aliphatic carboxylic acids is 1. The van der Waals surface area contributed by atoms with Crippen LogP contribution in [0.5, 0.6) is 0 Å². The van der Waals surface area contributed by atoms with E-state index in [0.717, 1.165) is 5.56 Å². The molecule has 0 atom stereocenters. The highest BCUT2D eigenvalue weighted by molar-refractivity contribution is 5.77. The average Bonchev–Trinajstić information content (AvgIpc) is 2.36. The molecule has 0 unspecified atom stereocenters. The standard InChI is InChI=1S/C13H18N2O4/c1-13(2,12(16)17)14(3)9-8-10-4-6-11(7-5-10)15(18)19/h4-7H,8-9H2,1-3H3,(H,16,17). The number of nitrogens with zero attached hydrogens (tertiary/aromatic N) is 2. The molecule has 0 aliphatic carbocycles. The van der Waals surface area contributed by atoms with Crippen LogP contribution >= 0.6 is 0 Å². The molecule has 0 amide bonds. The number of carboxylic acid groups (broad SMARTS) is 1. The number of benzene rings is 1. The molecular formula is C13H18N2O4. The topological polar surface area (TPSA) is 83.7 Å². The number of nitro benzene ring substituents is 1. The highest BCUT2D eigenvalue weighted by Gasteiger charge is 2.31. The molecule has 0 heterocycles. The SMILES string of the molecule is CN(CCc1ccc([N+](=O)[O-])cc1)C(C)(C)C(=O)O. The normalized spacial score (nSPS) is 11.6. The van der Waals surface area contributed by atoms with Crippen LogP contribution in [-0.2, 0) is 11.2 Å². The van der Waals surface area contributed by atoms with Crippen molar-refractivity contribution in [2.24, 2.45) is 0 Å². The van der Waals surface area contributed by atoms with E-state index in [9.17, 15) is 14.9 Å². The van der Waals surface area contributed by atoms with Gasteiger partial charge in [-0.1, -0.05) is 12.1 Å². The summed E-state index contributed by atoms with van der Waals surface area (Å²) in [5, 5.41) is 19.6. The van der Waals surface area contributed by atoms with Crippen molar-refractivity contribution in [2.75, 3.05) is 13.6 Å². The minimum Gasteiger partial charge on any atom is -0.480 e. The van der Waals surface area contributed by atoms with E-state index in [4.69, 9.17) is 5.11 Å². The van der Waals surface area contributed by atoms with Gasteiger partial charge in [-0.2, -0.15) is 0 Å². The van der Waals surface area contributed by atoms with Gasteiger partial charge in [0.15, 0.2) is 0 Å². The van der Waals surface area contributed by atoms with Gasteiger partial charge in [0, 0.05) is 18.7 Å². The summed E-state index contributed by atoms with van der Waals surface area (Å²) in [6.45, 7) is 3.85. The maximum atomic E-state index is 11.1. The van der Waals surface area contributed by atoms with Crippen LogP contribution in [0.15, 0.2) is 24.3 Å². The maximum absolute atomic E-state index is 11.1. The lowest BCUT2D eigenvalue weighted by Gasteiger charge is -2.31. The van der Waals surface area contributed by atoms with Crippen LogP contribution in [0.3, 0.4) is 0 Å². The third-order valence-corrected chi connectivity index (χ3v) is 3.36. The van der Waals surface area contributed by atoms with E-state index >= 15 is 0 Å². The highest BCUT2D eigenvalue weighted by atomic mass is 16.6. The number of hydrogen-bond acceptors (Lipinski definition) is 4. The summed E-state index contributed by atoms with van der Waals surface area (Å²) < 4.78 is 0. The number of rotatable bonds is 6. The van der Waals surface area contributed by atoms with E-state index < -0.39 is 16.4 Å². The first-order valence-corrected chi connectivity index (χ1v) is 5.93. The quantitative estimate of drug-likeness (QED) is 0.628. The molecule has 0 aromatic heterocycles. The molecule has 0 bridgehead atoms. The zero-order valence-corrected chi connectivity index (χ0v) is 11.3. The van der Waals surface area contributed by atoms with Crippen LogP contribution in [0, 0.1) is 10.1 Å². The first-order chi connectivity index (χ1) is 8.75. The molecule has 0 radical (unpaired) electrons. The molecule has 1 N–H and O–H groups in total. The van der Waals surface area contributed by atoms with Gasteiger partial charge in [-0.25, -0.2) is 0 Å². The monoisotopic (exact) mass is 266 g/mol. The van der Waals surface area contributed by atoms with Gasteiger partial charge in [0.25, 0.3) is 5.69 Å². The second-order valence-corrected chi connectivity index (χ2v) is 4.96. The van der Waals surface area contributed by atoms with Crippen molar-refractivity contribution in [1.29, 1.82) is 0 Å². The molecule has 1 rings (SSSR count). The number of hydrogen-bond donors (Lipinski definition) is 1. The van der Waals surface area contributed by atoms with E-state index in [1.165, 1.54) is 12.1 Å². The average molecular weight is 266 g/mol. The van der Waals surface area contributed by atoms with E-state index in [-0.39, 0.29) is 5.69 Å². The van der Waals surface area contributed by atoms with Gasteiger partial charge in [0.1, 0.15) is 5.54 Å². The Morgan fingerprint density at radius 1 is 1.37 bits per heavy atom. The summed E-state index contributed by atoms with van der Waals surface area (Å²) >= 11 is 0. The first kappa shape index (κ1) is 15.1. The minimum atomic E-state index is -0.930. The van der Waals surface area contributed by atoms with Crippen LogP contribution in [0.4, 0.5) is 5.69 Å². The van der Waals surface area contributed by atoms with Crippen molar-refractivity contribution in [3.8, 4) is 0 Å². The fraction of sp³-hybridized carbons (Fsp3) is 0.462. The van der Waals surface area contributed by atoms with Crippen molar-refractivity contribution < 1.29 is 14.8 Å². The Balaban J connectivity index is 2.62. The highest BCUT2D eigenvalue weighted by Crippen LogP contribution is 2.15. The Morgan fingerprint density at radius 3 is 2.32 bits per heavy atom. The second-order valence-electron chi connectivity index (χ2n) is 4.96. The fourth-order valence-electron chi connectivity index (χ4n) is 1.52. The molecule has 6 nitrogen and oxygen atoms in total. The molecule has 1 aromatic rings. The van der Waals surface area contributed by atoms with Crippen LogP contribution in [0.2, 0.25) is 0 Å². The van der Waals surface area contributed by atoms with Crippen LogP contribution in [0.1, 0.15) is 19.4 Å². The zero-order valence-electron chi connectivity index (χ0n) is 11.3. The van der Waals surface area contributed by atoms with Gasteiger partial charge in [-0.3, -0.25) is 19.8 Å². The third kappa shape index (κ3) is 3.75. The molecule has 1 aromatic carbocycles.